The molecule has 84 valence electrons. The van der Waals surface area contributed by atoms with Crippen molar-refractivity contribution < 1.29 is 0 Å². The monoisotopic (exact) mass is 290 g/mol. The Balaban J connectivity index is 2.68. The van der Waals surface area contributed by atoms with Crippen LogP contribution in [0.1, 0.15) is 20.3 Å². The van der Waals surface area contributed by atoms with Crippen molar-refractivity contribution in [3.05, 3.63) is 10.8 Å². The van der Waals surface area contributed by atoms with Crippen LogP contribution in [-0.2, 0) is 0 Å². The van der Waals surface area contributed by atoms with Crippen LogP contribution in [0.15, 0.2) is 15.8 Å². The summed E-state index contributed by atoms with van der Waals surface area (Å²) in [6, 6.07) is 0. The fraction of sp³-hybridized carbons (Fsp3) is 0.556. The molecule has 0 aromatic carbocycles. The first-order valence-electron chi connectivity index (χ1n) is 4.79. The second kappa shape index (κ2) is 6.30. The van der Waals surface area contributed by atoms with Gasteiger partial charge >= 0.3 is 0 Å². The fourth-order valence-electron chi connectivity index (χ4n) is 0.894. The zero-order valence-electron chi connectivity index (χ0n) is 8.83. The number of hydrogen-bond donors (Lipinski definition) is 2. The minimum Gasteiger partial charge on any atom is -0.307 e. The summed E-state index contributed by atoms with van der Waals surface area (Å²) in [6.07, 6.45) is 2.69. The maximum atomic E-state index is 5.32. The average molecular weight is 291 g/mol. The topological polar surface area (TPSA) is 63.8 Å². The minimum absolute atomic E-state index is 0.622. The van der Waals surface area contributed by atoms with Crippen molar-refractivity contribution in [3.63, 3.8) is 0 Å². The molecule has 1 unspecified atom stereocenters. The first kappa shape index (κ1) is 12.7. The lowest BCUT2D eigenvalue weighted by atomic mass is 10.2. The summed E-state index contributed by atoms with van der Waals surface area (Å²) >= 11 is 5.14. The van der Waals surface area contributed by atoms with Gasteiger partial charge in [0, 0.05) is 5.75 Å². The molecule has 0 radical (unpaired) electrons. The minimum atomic E-state index is 0.622. The second-order valence-corrected chi connectivity index (χ2v) is 5.11. The number of hydrazine groups is 1. The van der Waals surface area contributed by atoms with Crippen molar-refractivity contribution in [2.45, 2.75) is 25.3 Å². The van der Waals surface area contributed by atoms with E-state index in [0.29, 0.717) is 11.7 Å². The van der Waals surface area contributed by atoms with Crippen molar-refractivity contribution >= 4 is 33.5 Å². The summed E-state index contributed by atoms with van der Waals surface area (Å²) in [5.74, 6) is 7.68. The Morgan fingerprint density at radius 1 is 1.60 bits per heavy atom. The standard InChI is InChI=1S/C9H15BrN4S/c1-3-6(2)4-15-9-7(10)8(14-11)12-5-13-9/h5-6H,3-4,11H2,1-2H3,(H,12,13,14). The number of aromatic nitrogens is 2. The van der Waals surface area contributed by atoms with Gasteiger partial charge in [0.05, 0.1) is 4.47 Å². The van der Waals surface area contributed by atoms with Crippen molar-refractivity contribution in [2.24, 2.45) is 11.8 Å². The van der Waals surface area contributed by atoms with E-state index in [9.17, 15) is 0 Å². The second-order valence-electron chi connectivity index (χ2n) is 3.31. The van der Waals surface area contributed by atoms with E-state index in [4.69, 9.17) is 5.84 Å². The molecule has 1 atom stereocenters. The summed E-state index contributed by atoms with van der Waals surface area (Å²) < 4.78 is 0.834. The van der Waals surface area contributed by atoms with Gasteiger partial charge in [0.2, 0.25) is 0 Å². The Bertz CT molecular complexity index is 321. The van der Waals surface area contributed by atoms with E-state index in [-0.39, 0.29) is 0 Å². The first-order chi connectivity index (χ1) is 7.19. The summed E-state index contributed by atoms with van der Waals surface area (Å²) in [5, 5.41) is 0.929. The van der Waals surface area contributed by atoms with E-state index in [1.54, 1.807) is 11.8 Å². The summed E-state index contributed by atoms with van der Waals surface area (Å²) in [4.78, 5) is 8.20. The number of nitrogens with two attached hydrogens (primary N) is 1. The molecule has 4 nitrogen and oxygen atoms in total. The Morgan fingerprint density at radius 2 is 2.33 bits per heavy atom. The molecular formula is C9H15BrN4S. The number of rotatable bonds is 5. The average Bonchev–Trinajstić information content (AvgIpc) is 2.27. The summed E-state index contributed by atoms with van der Waals surface area (Å²) in [7, 11) is 0. The molecule has 1 aromatic heterocycles. The molecule has 1 heterocycles. The molecule has 0 aliphatic heterocycles. The van der Waals surface area contributed by atoms with Gasteiger partial charge in [-0.15, -0.1) is 11.8 Å². The largest absolute Gasteiger partial charge is 0.307 e. The number of nitrogens with one attached hydrogen (secondary N) is 1. The van der Waals surface area contributed by atoms with Gasteiger partial charge in [-0.1, -0.05) is 20.3 Å². The fourth-order valence-corrected chi connectivity index (χ4v) is 2.58. The molecule has 6 heteroatoms. The Morgan fingerprint density at radius 3 is 2.93 bits per heavy atom. The van der Waals surface area contributed by atoms with Gasteiger partial charge in [-0.3, -0.25) is 0 Å². The predicted molar refractivity (Wildman–Crippen MR) is 67.7 cm³/mol. The van der Waals surface area contributed by atoms with Crippen LogP contribution >= 0.6 is 27.7 Å². The van der Waals surface area contributed by atoms with Crippen LogP contribution in [0.4, 0.5) is 5.82 Å². The van der Waals surface area contributed by atoms with Gasteiger partial charge < -0.3 is 5.43 Å². The Kier molecular flexibility index (Phi) is 5.35. The number of thioether (sulfide) groups is 1. The number of nitrogen functional groups attached to an aromatic ring is 1. The third-order valence-electron chi connectivity index (χ3n) is 2.10. The SMILES string of the molecule is CCC(C)CSc1ncnc(NN)c1Br. The first-order valence-corrected chi connectivity index (χ1v) is 6.56. The molecule has 0 amide bonds. The maximum absolute atomic E-state index is 5.32. The van der Waals surface area contributed by atoms with Gasteiger partial charge in [0.15, 0.2) is 5.82 Å². The summed E-state index contributed by atoms with van der Waals surface area (Å²) in [5.41, 5.74) is 2.53. The molecule has 0 saturated carbocycles. The highest BCUT2D eigenvalue weighted by Crippen LogP contribution is 2.30. The number of hydrogen-bond acceptors (Lipinski definition) is 5. The van der Waals surface area contributed by atoms with Crippen LogP contribution in [0.25, 0.3) is 0 Å². The smallest absolute Gasteiger partial charge is 0.158 e. The zero-order chi connectivity index (χ0) is 11.3. The van der Waals surface area contributed by atoms with Gasteiger partial charge in [0.25, 0.3) is 0 Å². The number of halogens is 1. The van der Waals surface area contributed by atoms with Gasteiger partial charge in [0.1, 0.15) is 11.4 Å². The molecule has 3 N–H and O–H groups in total. The molecule has 15 heavy (non-hydrogen) atoms. The van der Waals surface area contributed by atoms with Gasteiger partial charge in [-0.25, -0.2) is 15.8 Å². The molecule has 1 rings (SSSR count). The molecule has 0 spiro atoms. The highest BCUT2D eigenvalue weighted by Gasteiger charge is 2.09. The number of anilines is 1. The molecule has 0 aliphatic rings. The van der Waals surface area contributed by atoms with Crippen molar-refractivity contribution in [3.8, 4) is 0 Å². The normalized spacial score (nSPS) is 12.5. The summed E-state index contributed by atoms with van der Waals surface area (Å²) in [6.45, 7) is 4.41. The van der Waals surface area contributed by atoms with Crippen LogP contribution in [0.3, 0.4) is 0 Å². The highest BCUT2D eigenvalue weighted by molar-refractivity contribution is 9.10. The highest BCUT2D eigenvalue weighted by atomic mass is 79.9. The molecule has 0 aliphatic carbocycles. The zero-order valence-corrected chi connectivity index (χ0v) is 11.2. The van der Waals surface area contributed by atoms with E-state index >= 15 is 0 Å². The molecule has 1 aromatic rings. The Hall–Kier alpha value is -0.330. The quantitative estimate of drug-likeness (QED) is 0.378. The Labute approximate surface area is 103 Å². The van der Waals surface area contributed by atoms with E-state index in [1.165, 1.54) is 12.7 Å². The van der Waals surface area contributed by atoms with Crippen molar-refractivity contribution in [1.82, 2.24) is 9.97 Å². The maximum Gasteiger partial charge on any atom is 0.158 e. The van der Waals surface area contributed by atoms with E-state index < -0.39 is 0 Å². The lowest BCUT2D eigenvalue weighted by Crippen LogP contribution is -2.10. The number of nitrogens with zero attached hydrogens (tertiary/aromatic N) is 2. The lowest BCUT2D eigenvalue weighted by Gasteiger charge is -2.09. The molecule has 0 fully saturated rings. The van der Waals surface area contributed by atoms with Crippen LogP contribution < -0.4 is 11.3 Å². The van der Waals surface area contributed by atoms with Crippen molar-refractivity contribution in [2.75, 3.05) is 11.2 Å². The van der Waals surface area contributed by atoms with Gasteiger partial charge in [-0.2, -0.15) is 0 Å². The van der Waals surface area contributed by atoms with Crippen LogP contribution in [0, 0.1) is 5.92 Å². The lowest BCUT2D eigenvalue weighted by molar-refractivity contribution is 0.636. The third kappa shape index (κ3) is 3.62. The van der Waals surface area contributed by atoms with Crippen LogP contribution in [-0.4, -0.2) is 15.7 Å². The van der Waals surface area contributed by atoms with Crippen molar-refractivity contribution in [1.29, 1.82) is 0 Å². The molecule has 0 saturated heterocycles. The van der Waals surface area contributed by atoms with Gasteiger partial charge in [-0.05, 0) is 21.8 Å². The van der Waals surface area contributed by atoms with Crippen LogP contribution in [0.2, 0.25) is 0 Å². The molecule has 0 bridgehead atoms. The third-order valence-corrected chi connectivity index (χ3v) is 4.43. The van der Waals surface area contributed by atoms with E-state index in [2.05, 4.69) is 45.2 Å². The van der Waals surface area contributed by atoms with E-state index in [1.807, 2.05) is 0 Å². The van der Waals surface area contributed by atoms with Crippen LogP contribution in [0.5, 0.6) is 0 Å². The van der Waals surface area contributed by atoms with E-state index in [0.717, 1.165) is 15.3 Å². The predicted octanol–water partition coefficient (Wildman–Crippen LogP) is 2.66. The molecular weight excluding hydrogens is 276 g/mol.